The number of nitrogens with zero attached hydrogens (tertiary/aromatic N) is 4. The standard InChI is InChI=1S/C19H22ClN5O/c1-13-6-7-15-16(9-13)24-12-25(20)22-19(24,17-5-3-4-8-21-17)11-23-14(2)10-26-18(15)23/h3-9,14,18,22H,10-12H2,1-2H3. The molecule has 1 aromatic heterocycles. The first-order valence-corrected chi connectivity index (χ1v) is 9.30. The number of aromatic nitrogens is 1. The van der Waals surface area contributed by atoms with Crippen LogP contribution in [-0.2, 0) is 10.4 Å². The molecule has 2 saturated heterocycles. The zero-order chi connectivity index (χ0) is 17.9. The van der Waals surface area contributed by atoms with Crippen molar-refractivity contribution in [3.05, 3.63) is 59.4 Å². The molecular weight excluding hydrogens is 350 g/mol. The van der Waals surface area contributed by atoms with E-state index in [0.29, 0.717) is 12.7 Å². The highest BCUT2D eigenvalue weighted by atomic mass is 35.5. The lowest BCUT2D eigenvalue weighted by molar-refractivity contribution is 0.0180. The number of anilines is 1. The van der Waals surface area contributed by atoms with Crippen molar-refractivity contribution in [2.75, 3.05) is 24.7 Å². The number of nitrogens with one attached hydrogen (secondary N) is 1. The minimum absolute atomic E-state index is 0.0441. The van der Waals surface area contributed by atoms with Crippen molar-refractivity contribution in [3.63, 3.8) is 0 Å². The maximum atomic E-state index is 6.47. The topological polar surface area (TPSA) is 43.9 Å². The van der Waals surface area contributed by atoms with Crippen molar-refractivity contribution in [2.24, 2.45) is 0 Å². The molecule has 1 N–H and O–H groups in total. The Kier molecular flexibility index (Phi) is 3.74. The predicted octanol–water partition coefficient (Wildman–Crippen LogP) is 2.71. The first-order chi connectivity index (χ1) is 12.6. The predicted molar refractivity (Wildman–Crippen MR) is 100 cm³/mol. The highest BCUT2D eigenvalue weighted by Crippen LogP contribution is 2.47. The third-order valence-electron chi connectivity index (χ3n) is 5.64. The van der Waals surface area contributed by atoms with Gasteiger partial charge in [0.05, 0.1) is 12.3 Å². The normalized spacial score (nSPS) is 31.4. The highest BCUT2D eigenvalue weighted by molar-refractivity contribution is 6.13. The van der Waals surface area contributed by atoms with E-state index in [1.54, 1.807) is 4.53 Å². The van der Waals surface area contributed by atoms with E-state index < -0.39 is 5.66 Å². The van der Waals surface area contributed by atoms with E-state index in [2.05, 4.69) is 58.3 Å². The number of hydrogen-bond acceptors (Lipinski definition) is 6. The van der Waals surface area contributed by atoms with Crippen LogP contribution in [0.2, 0.25) is 0 Å². The Morgan fingerprint density at radius 1 is 1.31 bits per heavy atom. The van der Waals surface area contributed by atoms with Crippen molar-refractivity contribution in [3.8, 4) is 0 Å². The molecular formula is C19H22ClN5O. The van der Waals surface area contributed by atoms with Gasteiger partial charge in [0.15, 0.2) is 5.66 Å². The number of ether oxygens (including phenoxy) is 1. The first kappa shape index (κ1) is 16.5. The molecule has 3 atom stereocenters. The molecule has 26 heavy (non-hydrogen) atoms. The lowest BCUT2D eigenvalue weighted by Crippen LogP contribution is -2.57. The van der Waals surface area contributed by atoms with E-state index in [9.17, 15) is 0 Å². The molecule has 1 aromatic carbocycles. The number of hydrazine groups is 1. The van der Waals surface area contributed by atoms with Gasteiger partial charge in [0, 0.05) is 30.0 Å². The lowest BCUT2D eigenvalue weighted by atomic mass is 10.0. The molecule has 0 radical (unpaired) electrons. The molecule has 0 bridgehead atoms. The summed E-state index contributed by atoms with van der Waals surface area (Å²) in [5, 5.41) is 0. The van der Waals surface area contributed by atoms with E-state index in [0.717, 1.165) is 24.5 Å². The molecule has 3 aliphatic heterocycles. The van der Waals surface area contributed by atoms with Crippen LogP contribution in [0.5, 0.6) is 0 Å². The van der Waals surface area contributed by atoms with Crippen LogP contribution in [0.15, 0.2) is 42.6 Å². The smallest absolute Gasteiger partial charge is 0.162 e. The Bertz CT molecular complexity index is 834. The quantitative estimate of drug-likeness (QED) is 0.778. The highest BCUT2D eigenvalue weighted by Gasteiger charge is 2.54. The maximum Gasteiger partial charge on any atom is 0.162 e. The van der Waals surface area contributed by atoms with Crippen molar-refractivity contribution in [2.45, 2.75) is 31.8 Å². The summed E-state index contributed by atoms with van der Waals surface area (Å²) in [4.78, 5) is 9.42. The summed E-state index contributed by atoms with van der Waals surface area (Å²) < 4.78 is 7.82. The van der Waals surface area contributed by atoms with Gasteiger partial charge in [0.25, 0.3) is 0 Å². The number of aryl methyl sites for hydroxylation is 1. The van der Waals surface area contributed by atoms with Gasteiger partial charge in [-0.1, -0.05) is 18.2 Å². The summed E-state index contributed by atoms with van der Waals surface area (Å²) in [6.45, 7) is 6.34. The summed E-state index contributed by atoms with van der Waals surface area (Å²) in [6, 6.07) is 12.9. The zero-order valence-electron chi connectivity index (χ0n) is 14.9. The van der Waals surface area contributed by atoms with Crippen molar-refractivity contribution in [1.29, 1.82) is 0 Å². The molecule has 3 aliphatic rings. The Balaban J connectivity index is 1.76. The van der Waals surface area contributed by atoms with Crippen LogP contribution in [0, 0.1) is 6.92 Å². The molecule has 0 amide bonds. The monoisotopic (exact) mass is 371 g/mol. The molecule has 3 unspecified atom stereocenters. The van der Waals surface area contributed by atoms with Crippen LogP contribution >= 0.6 is 11.8 Å². The second-order valence-electron chi connectivity index (χ2n) is 7.39. The van der Waals surface area contributed by atoms with Gasteiger partial charge in [-0.05, 0) is 49.4 Å². The van der Waals surface area contributed by atoms with Gasteiger partial charge in [-0.3, -0.25) is 9.88 Å². The third-order valence-corrected chi connectivity index (χ3v) is 5.83. The van der Waals surface area contributed by atoms with E-state index in [4.69, 9.17) is 16.5 Å². The summed E-state index contributed by atoms with van der Waals surface area (Å²) >= 11 is 6.47. The summed E-state index contributed by atoms with van der Waals surface area (Å²) in [5.74, 6) is 0. The summed E-state index contributed by atoms with van der Waals surface area (Å²) in [6.07, 6.45) is 1.79. The molecule has 0 spiro atoms. The van der Waals surface area contributed by atoms with E-state index in [1.807, 2.05) is 18.3 Å². The van der Waals surface area contributed by atoms with Gasteiger partial charge in [-0.25, -0.2) is 5.43 Å². The van der Waals surface area contributed by atoms with Gasteiger partial charge < -0.3 is 9.64 Å². The maximum absolute atomic E-state index is 6.47. The van der Waals surface area contributed by atoms with Gasteiger partial charge in [-0.2, -0.15) is 0 Å². The molecule has 0 saturated carbocycles. The molecule has 5 rings (SSSR count). The Morgan fingerprint density at radius 2 is 2.19 bits per heavy atom. The van der Waals surface area contributed by atoms with Gasteiger partial charge in [0.1, 0.15) is 12.9 Å². The zero-order valence-corrected chi connectivity index (χ0v) is 15.6. The number of fused-ring (bicyclic) bond motifs is 5. The lowest BCUT2D eigenvalue weighted by Gasteiger charge is -2.39. The average molecular weight is 372 g/mol. The van der Waals surface area contributed by atoms with Gasteiger partial charge >= 0.3 is 0 Å². The Hall–Kier alpha value is -1.70. The van der Waals surface area contributed by atoms with Crippen molar-refractivity contribution < 1.29 is 4.74 Å². The van der Waals surface area contributed by atoms with Crippen LogP contribution in [-0.4, -0.2) is 40.3 Å². The Labute approximate surface area is 158 Å². The molecule has 7 heteroatoms. The molecule has 6 nitrogen and oxygen atoms in total. The molecule has 2 aromatic rings. The van der Waals surface area contributed by atoms with Gasteiger partial charge in [-0.15, -0.1) is 4.53 Å². The first-order valence-electron chi connectivity index (χ1n) is 8.97. The van der Waals surface area contributed by atoms with Crippen LogP contribution < -0.4 is 10.3 Å². The number of rotatable bonds is 1. The third kappa shape index (κ3) is 2.30. The molecule has 0 aliphatic carbocycles. The fourth-order valence-corrected chi connectivity index (χ4v) is 4.60. The number of pyridine rings is 1. The van der Waals surface area contributed by atoms with Crippen LogP contribution in [0.25, 0.3) is 0 Å². The minimum Gasteiger partial charge on any atom is -0.357 e. The number of hydrogen-bond donors (Lipinski definition) is 1. The van der Waals surface area contributed by atoms with Crippen LogP contribution in [0.4, 0.5) is 5.69 Å². The second-order valence-corrected chi connectivity index (χ2v) is 7.80. The van der Waals surface area contributed by atoms with Gasteiger partial charge in [0.2, 0.25) is 0 Å². The summed E-state index contributed by atoms with van der Waals surface area (Å²) in [5.41, 5.74) is 7.45. The van der Waals surface area contributed by atoms with E-state index >= 15 is 0 Å². The van der Waals surface area contributed by atoms with Crippen molar-refractivity contribution >= 4 is 17.5 Å². The molecule has 4 heterocycles. The molecule has 136 valence electrons. The summed E-state index contributed by atoms with van der Waals surface area (Å²) in [7, 11) is 0. The van der Waals surface area contributed by atoms with Crippen LogP contribution in [0.1, 0.15) is 30.0 Å². The average Bonchev–Trinajstić information content (AvgIpc) is 3.14. The Morgan fingerprint density at radius 3 is 3.00 bits per heavy atom. The second kappa shape index (κ2) is 5.90. The fraction of sp³-hybridized carbons (Fsp3) is 0.421. The fourth-order valence-electron chi connectivity index (χ4n) is 4.35. The molecule has 2 fully saturated rings. The van der Waals surface area contributed by atoms with Crippen LogP contribution in [0.3, 0.4) is 0 Å². The van der Waals surface area contributed by atoms with E-state index in [-0.39, 0.29) is 6.23 Å². The largest absolute Gasteiger partial charge is 0.357 e. The SMILES string of the molecule is Cc1ccc2c(c1)N1CN(Cl)NC1(c1ccccn1)CN1C(C)COC21. The number of benzene rings is 1. The van der Waals surface area contributed by atoms with E-state index in [1.165, 1.54) is 11.1 Å². The van der Waals surface area contributed by atoms with Crippen molar-refractivity contribution in [1.82, 2.24) is 19.8 Å². The minimum atomic E-state index is -0.539. The number of halogens is 1.